The van der Waals surface area contributed by atoms with Crippen LogP contribution < -0.4 is 10.1 Å². The van der Waals surface area contributed by atoms with Crippen molar-refractivity contribution < 1.29 is 14.6 Å². The molecule has 1 aromatic carbocycles. The zero-order valence-corrected chi connectivity index (χ0v) is 11.3. The van der Waals surface area contributed by atoms with E-state index in [9.17, 15) is 4.79 Å². The number of carboxylic acid groups (broad SMARTS) is 1. The van der Waals surface area contributed by atoms with Crippen LogP contribution in [0.25, 0.3) is 0 Å². The van der Waals surface area contributed by atoms with Crippen molar-refractivity contribution in [2.24, 2.45) is 0 Å². The normalized spacial score (nSPS) is 12.2. The molecular weight excluding hydrogens is 254 g/mol. The monoisotopic (exact) mass is 271 g/mol. The van der Waals surface area contributed by atoms with Gasteiger partial charge in [-0.1, -0.05) is 18.5 Å². The molecule has 0 saturated carbocycles. The van der Waals surface area contributed by atoms with Gasteiger partial charge in [0.25, 0.3) is 0 Å². The van der Waals surface area contributed by atoms with Gasteiger partial charge >= 0.3 is 5.97 Å². The van der Waals surface area contributed by atoms with E-state index >= 15 is 0 Å². The molecule has 0 aliphatic rings. The van der Waals surface area contributed by atoms with E-state index in [0.29, 0.717) is 18.2 Å². The lowest BCUT2D eigenvalue weighted by Crippen LogP contribution is -2.33. The highest BCUT2D eigenvalue weighted by molar-refractivity contribution is 6.30. The van der Waals surface area contributed by atoms with Crippen molar-refractivity contribution in [3.8, 4) is 5.75 Å². The van der Waals surface area contributed by atoms with Crippen molar-refractivity contribution in [2.75, 3.05) is 6.61 Å². The smallest absolute Gasteiger partial charge is 0.320 e. The summed E-state index contributed by atoms with van der Waals surface area (Å²) in [5.41, 5.74) is 0.865. The summed E-state index contributed by atoms with van der Waals surface area (Å²) >= 11 is 5.93. The molecule has 0 aliphatic heterocycles. The SMILES string of the molecule is CCCOc1ccc(Cl)cc1CN[C@@H](C)C(=O)O. The number of carbonyl (C=O) groups is 1. The van der Waals surface area contributed by atoms with Crippen LogP contribution >= 0.6 is 11.6 Å². The highest BCUT2D eigenvalue weighted by Gasteiger charge is 2.11. The number of rotatable bonds is 7. The van der Waals surface area contributed by atoms with E-state index in [4.69, 9.17) is 21.4 Å². The van der Waals surface area contributed by atoms with Gasteiger partial charge in [-0.05, 0) is 31.5 Å². The van der Waals surface area contributed by atoms with Gasteiger partial charge in [0, 0.05) is 17.1 Å². The number of nitrogens with one attached hydrogen (secondary N) is 1. The van der Waals surface area contributed by atoms with Crippen molar-refractivity contribution in [1.82, 2.24) is 5.32 Å². The number of hydrogen-bond acceptors (Lipinski definition) is 3. The van der Waals surface area contributed by atoms with Crippen LogP contribution in [0.15, 0.2) is 18.2 Å². The molecule has 0 bridgehead atoms. The molecule has 5 heteroatoms. The molecule has 0 fully saturated rings. The van der Waals surface area contributed by atoms with E-state index in [2.05, 4.69) is 5.32 Å². The molecule has 1 aromatic rings. The minimum absolute atomic E-state index is 0.410. The Hall–Kier alpha value is -1.26. The van der Waals surface area contributed by atoms with Crippen LogP contribution in [0.2, 0.25) is 5.02 Å². The van der Waals surface area contributed by atoms with E-state index in [1.807, 2.05) is 6.92 Å². The van der Waals surface area contributed by atoms with Gasteiger partial charge in [0.2, 0.25) is 0 Å². The summed E-state index contributed by atoms with van der Waals surface area (Å²) in [6.45, 7) is 4.66. The number of benzene rings is 1. The Morgan fingerprint density at radius 2 is 2.28 bits per heavy atom. The van der Waals surface area contributed by atoms with Gasteiger partial charge in [0.05, 0.1) is 6.61 Å². The molecule has 0 saturated heterocycles. The van der Waals surface area contributed by atoms with E-state index in [1.165, 1.54) is 0 Å². The number of ether oxygens (including phenoxy) is 1. The molecule has 18 heavy (non-hydrogen) atoms. The molecule has 0 aliphatic carbocycles. The van der Waals surface area contributed by atoms with Crippen molar-refractivity contribution in [3.05, 3.63) is 28.8 Å². The predicted molar refractivity (Wildman–Crippen MR) is 71.2 cm³/mol. The quantitative estimate of drug-likeness (QED) is 0.801. The Morgan fingerprint density at radius 3 is 2.89 bits per heavy atom. The third-order valence-corrected chi connectivity index (χ3v) is 2.69. The van der Waals surface area contributed by atoms with Gasteiger partial charge < -0.3 is 15.2 Å². The molecular formula is C13H18ClNO3. The lowest BCUT2D eigenvalue weighted by atomic mass is 10.2. The predicted octanol–water partition coefficient (Wildman–Crippen LogP) is 2.69. The first-order valence-electron chi connectivity index (χ1n) is 5.92. The topological polar surface area (TPSA) is 58.6 Å². The first kappa shape index (κ1) is 14.8. The Labute approximate surface area is 112 Å². The van der Waals surface area contributed by atoms with Crippen LogP contribution in [0, 0.1) is 0 Å². The van der Waals surface area contributed by atoms with Crippen LogP contribution in [-0.2, 0) is 11.3 Å². The number of aliphatic carboxylic acids is 1. The molecule has 0 spiro atoms. The maximum atomic E-state index is 10.7. The highest BCUT2D eigenvalue weighted by Crippen LogP contribution is 2.23. The lowest BCUT2D eigenvalue weighted by molar-refractivity contribution is -0.139. The van der Waals surface area contributed by atoms with Gasteiger partial charge in [-0.25, -0.2) is 0 Å². The lowest BCUT2D eigenvalue weighted by Gasteiger charge is -2.14. The molecule has 0 aromatic heterocycles. The van der Waals surface area contributed by atoms with Gasteiger partial charge in [-0.3, -0.25) is 4.79 Å². The number of hydrogen-bond donors (Lipinski definition) is 2. The summed E-state index contributed by atoms with van der Waals surface area (Å²) in [6.07, 6.45) is 0.918. The number of halogens is 1. The molecule has 100 valence electrons. The summed E-state index contributed by atoms with van der Waals surface area (Å²) in [7, 11) is 0. The fourth-order valence-corrected chi connectivity index (χ4v) is 1.58. The molecule has 0 unspecified atom stereocenters. The molecule has 0 heterocycles. The van der Waals surface area contributed by atoms with Crippen molar-refractivity contribution >= 4 is 17.6 Å². The summed E-state index contributed by atoms with van der Waals surface area (Å²) in [5, 5.41) is 12.3. The summed E-state index contributed by atoms with van der Waals surface area (Å²) in [4.78, 5) is 10.7. The largest absolute Gasteiger partial charge is 0.493 e. The molecule has 1 rings (SSSR count). The second kappa shape index (κ2) is 7.24. The minimum Gasteiger partial charge on any atom is -0.493 e. The first-order valence-corrected chi connectivity index (χ1v) is 6.29. The fourth-order valence-electron chi connectivity index (χ4n) is 1.39. The van der Waals surface area contributed by atoms with Gasteiger partial charge in [-0.15, -0.1) is 0 Å². The fraction of sp³-hybridized carbons (Fsp3) is 0.462. The van der Waals surface area contributed by atoms with E-state index < -0.39 is 12.0 Å². The summed E-state index contributed by atoms with van der Waals surface area (Å²) in [6, 6.07) is 4.74. The van der Waals surface area contributed by atoms with Crippen molar-refractivity contribution in [3.63, 3.8) is 0 Å². The zero-order chi connectivity index (χ0) is 13.5. The molecule has 0 amide bonds. The van der Waals surface area contributed by atoms with Crippen LogP contribution in [0.4, 0.5) is 0 Å². The average Bonchev–Trinajstić information content (AvgIpc) is 2.34. The molecule has 1 atom stereocenters. The second-order valence-electron chi connectivity index (χ2n) is 4.04. The standard InChI is InChI=1S/C13H18ClNO3/c1-3-6-18-12-5-4-11(14)7-10(12)8-15-9(2)13(16)17/h4-5,7,9,15H,3,6,8H2,1-2H3,(H,16,17)/t9-/m0/s1. The second-order valence-corrected chi connectivity index (χ2v) is 4.48. The van der Waals surface area contributed by atoms with Gasteiger partial charge in [0.15, 0.2) is 0 Å². The molecule has 2 N–H and O–H groups in total. The van der Waals surface area contributed by atoms with Crippen LogP contribution in [0.5, 0.6) is 5.75 Å². The van der Waals surface area contributed by atoms with Crippen LogP contribution in [0.3, 0.4) is 0 Å². The van der Waals surface area contributed by atoms with Crippen molar-refractivity contribution in [2.45, 2.75) is 32.9 Å². The Morgan fingerprint density at radius 1 is 1.56 bits per heavy atom. The van der Waals surface area contributed by atoms with Crippen molar-refractivity contribution in [1.29, 1.82) is 0 Å². The first-order chi connectivity index (χ1) is 8.54. The molecule has 4 nitrogen and oxygen atoms in total. The summed E-state index contributed by atoms with van der Waals surface area (Å²) < 4.78 is 5.59. The van der Waals surface area contributed by atoms with Gasteiger partial charge in [-0.2, -0.15) is 0 Å². The third-order valence-electron chi connectivity index (χ3n) is 2.45. The van der Waals surface area contributed by atoms with Gasteiger partial charge in [0.1, 0.15) is 11.8 Å². The zero-order valence-electron chi connectivity index (χ0n) is 10.6. The number of carboxylic acids is 1. The maximum absolute atomic E-state index is 10.7. The molecule has 0 radical (unpaired) electrons. The van der Waals surface area contributed by atoms with E-state index in [0.717, 1.165) is 17.7 Å². The Balaban J connectivity index is 2.72. The van der Waals surface area contributed by atoms with Crippen LogP contribution in [0.1, 0.15) is 25.8 Å². The Kier molecular flexibility index (Phi) is 5.95. The van der Waals surface area contributed by atoms with E-state index in [-0.39, 0.29) is 0 Å². The maximum Gasteiger partial charge on any atom is 0.320 e. The highest BCUT2D eigenvalue weighted by atomic mass is 35.5. The summed E-state index contributed by atoms with van der Waals surface area (Å²) in [5.74, 6) is -0.139. The van der Waals surface area contributed by atoms with E-state index in [1.54, 1.807) is 25.1 Å². The minimum atomic E-state index is -0.881. The Bertz CT molecular complexity index is 409. The van der Waals surface area contributed by atoms with Crippen LogP contribution in [-0.4, -0.2) is 23.7 Å². The third kappa shape index (κ3) is 4.55. The average molecular weight is 272 g/mol.